The molecule has 1 aromatic rings. The van der Waals surface area contributed by atoms with E-state index in [1.54, 1.807) is 6.92 Å². The lowest BCUT2D eigenvalue weighted by molar-refractivity contribution is -0.121. The molecule has 100 valence electrons. The quantitative estimate of drug-likeness (QED) is 0.831. The van der Waals surface area contributed by atoms with Crippen LogP contribution < -0.4 is 9.64 Å². The SMILES string of the molecule is CCOc1ccc(C(=O)O)cc1N1C(=O)CCC1=O. The molecule has 0 atom stereocenters. The van der Waals surface area contributed by atoms with Crippen LogP contribution in [0.2, 0.25) is 0 Å². The van der Waals surface area contributed by atoms with Gasteiger partial charge in [-0.3, -0.25) is 9.59 Å². The summed E-state index contributed by atoms with van der Waals surface area (Å²) in [4.78, 5) is 35.4. The van der Waals surface area contributed by atoms with E-state index in [0.29, 0.717) is 12.4 Å². The summed E-state index contributed by atoms with van der Waals surface area (Å²) in [5, 5.41) is 8.98. The third kappa shape index (κ3) is 2.42. The van der Waals surface area contributed by atoms with E-state index in [2.05, 4.69) is 0 Å². The van der Waals surface area contributed by atoms with Gasteiger partial charge in [0.15, 0.2) is 0 Å². The maximum absolute atomic E-state index is 11.7. The van der Waals surface area contributed by atoms with Gasteiger partial charge in [0.25, 0.3) is 0 Å². The van der Waals surface area contributed by atoms with Gasteiger partial charge >= 0.3 is 5.97 Å². The van der Waals surface area contributed by atoms with Crippen molar-refractivity contribution < 1.29 is 24.2 Å². The van der Waals surface area contributed by atoms with Crippen molar-refractivity contribution in [2.75, 3.05) is 11.5 Å². The van der Waals surface area contributed by atoms with Crippen LogP contribution in [0.5, 0.6) is 5.75 Å². The molecule has 0 saturated carbocycles. The molecule has 2 rings (SSSR count). The second-order valence-electron chi connectivity index (χ2n) is 4.04. The van der Waals surface area contributed by atoms with Gasteiger partial charge in [-0.2, -0.15) is 0 Å². The zero-order valence-corrected chi connectivity index (χ0v) is 10.4. The van der Waals surface area contributed by atoms with Crippen LogP contribution >= 0.6 is 0 Å². The van der Waals surface area contributed by atoms with Crippen molar-refractivity contribution in [3.05, 3.63) is 23.8 Å². The van der Waals surface area contributed by atoms with Crippen LogP contribution in [0.3, 0.4) is 0 Å². The molecule has 1 aliphatic rings. The smallest absolute Gasteiger partial charge is 0.335 e. The Morgan fingerprint density at radius 3 is 2.47 bits per heavy atom. The number of carboxylic acids is 1. The summed E-state index contributed by atoms with van der Waals surface area (Å²) in [5.41, 5.74) is 0.209. The van der Waals surface area contributed by atoms with E-state index < -0.39 is 5.97 Å². The van der Waals surface area contributed by atoms with Crippen LogP contribution in [0.1, 0.15) is 30.1 Å². The Balaban J connectivity index is 2.51. The molecule has 1 saturated heterocycles. The number of benzene rings is 1. The summed E-state index contributed by atoms with van der Waals surface area (Å²) in [6.45, 7) is 2.12. The number of anilines is 1. The van der Waals surface area contributed by atoms with Gasteiger partial charge in [-0.25, -0.2) is 9.69 Å². The van der Waals surface area contributed by atoms with E-state index in [4.69, 9.17) is 9.84 Å². The highest BCUT2D eigenvalue weighted by Gasteiger charge is 2.32. The lowest BCUT2D eigenvalue weighted by Gasteiger charge is -2.18. The number of carbonyl (C=O) groups is 3. The minimum atomic E-state index is -1.12. The number of amides is 2. The van der Waals surface area contributed by atoms with E-state index >= 15 is 0 Å². The summed E-state index contributed by atoms with van der Waals surface area (Å²) in [6, 6.07) is 4.12. The topological polar surface area (TPSA) is 83.9 Å². The van der Waals surface area contributed by atoms with Gasteiger partial charge in [-0.05, 0) is 25.1 Å². The van der Waals surface area contributed by atoms with Crippen LogP contribution in [-0.4, -0.2) is 29.5 Å². The number of imide groups is 1. The number of hydrogen-bond acceptors (Lipinski definition) is 4. The van der Waals surface area contributed by atoms with E-state index in [-0.39, 0.29) is 35.9 Å². The van der Waals surface area contributed by atoms with E-state index in [9.17, 15) is 14.4 Å². The molecular formula is C13H13NO5. The molecule has 1 N–H and O–H groups in total. The largest absolute Gasteiger partial charge is 0.492 e. The third-order valence-electron chi connectivity index (χ3n) is 2.80. The number of rotatable bonds is 4. The van der Waals surface area contributed by atoms with Crippen LogP contribution in [0.15, 0.2) is 18.2 Å². The summed E-state index contributed by atoms with van der Waals surface area (Å²) in [5.74, 6) is -1.47. The molecule has 1 heterocycles. The number of hydrogen-bond donors (Lipinski definition) is 1. The maximum atomic E-state index is 11.7. The highest BCUT2D eigenvalue weighted by molar-refractivity contribution is 6.20. The summed E-state index contributed by atoms with van der Waals surface area (Å²) in [7, 11) is 0. The molecular weight excluding hydrogens is 250 g/mol. The Labute approximate surface area is 109 Å². The van der Waals surface area contributed by atoms with Crippen molar-refractivity contribution in [2.24, 2.45) is 0 Å². The average Bonchev–Trinajstić information content (AvgIpc) is 2.70. The van der Waals surface area contributed by atoms with Gasteiger partial charge in [-0.15, -0.1) is 0 Å². The molecule has 0 spiro atoms. The molecule has 0 aliphatic carbocycles. The first-order chi connectivity index (χ1) is 9.04. The minimum absolute atomic E-state index is 0.00551. The van der Waals surface area contributed by atoms with Crippen molar-refractivity contribution in [1.82, 2.24) is 0 Å². The first-order valence-electron chi connectivity index (χ1n) is 5.90. The van der Waals surface area contributed by atoms with Gasteiger partial charge in [0.05, 0.1) is 17.9 Å². The average molecular weight is 263 g/mol. The molecule has 0 unspecified atom stereocenters. The third-order valence-corrected chi connectivity index (χ3v) is 2.80. The predicted octanol–water partition coefficient (Wildman–Crippen LogP) is 1.44. The normalized spacial score (nSPS) is 14.9. The van der Waals surface area contributed by atoms with Gasteiger partial charge in [0, 0.05) is 12.8 Å². The number of nitrogens with zero attached hydrogens (tertiary/aromatic N) is 1. The highest BCUT2D eigenvalue weighted by Crippen LogP contribution is 2.33. The van der Waals surface area contributed by atoms with Crippen LogP contribution in [-0.2, 0) is 9.59 Å². The van der Waals surface area contributed by atoms with Crippen molar-refractivity contribution in [1.29, 1.82) is 0 Å². The van der Waals surface area contributed by atoms with Crippen LogP contribution in [0.25, 0.3) is 0 Å². The fourth-order valence-corrected chi connectivity index (χ4v) is 1.95. The standard InChI is InChI=1S/C13H13NO5/c1-2-19-10-4-3-8(13(17)18)7-9(10)14-11(15)5-6-12(14)16/h3-4,7H,2,5-6H2,1H3,(H,17,18). The number of ether oxygens (including phenoxy) is 1. The maximum Gasteiger partial charge on any atom is 0.335 e. The number of carbonyl (C=O) groups excluding carboxylic acids is 2. The van der Waals surface area contributed by atoms with Gasteiger partial charge in [0.1, 0.15) is 5.75 Å². The molecule has 1 aromatic carbocycles. The van der Waals surface area contributed by atoms with E-state index in [0.717, 1.165) is 4.90 Å². The monoisotopic (exact) mass is 263 g/mol. The van der Waals surface area contributed by atoms with Crippen molar-refractivity contribution in [3.63, 3.8) is 0 Å². The predicted molar refractivity (Wildman–Crippen MR) is 66.3 cm³/mol. The van der Waals surface area contributed by atoms with Gasteiger partial charge in [-0.1, -0.05) is 0 Å². The molecule has 1 fully saturated rings. The second-order valence-corrected chi connectivity index (χ2v) is 4.04. The van der Waals surface area contributed by atoms with Gasteiger partial charge < -0.3 is 9.84 Å². The highest BCUT2D eigenvalue weighted by atomic mass is 16.5. The Morgan fingerprint density at radius 2 is 1.95 bits per heavy atom. The first kappa shape index (κ1) is 13.1. The summed E-state index contributed by atoms with van der Waals surface area (Å²) in [6.07, 6.45) is 0.281. The first-order valence-corrected chi connectivity index (χ1v) is 5.90. The van der Waals surface area contributed by atoms with Crippen LogP contribution in [0.4, 0.5) is 5.69 Å². The molecule has 6 nitrogen and oxygen atoms in total. The Kier molecular flexibility index (Phi) is 3.50. The summed E-state index contributed by atoms with van der Waals surface area (Å²) >= 11 is 0. The Hall–Kier alpha value is -2.37. The van der Waals surface area contributed by atoms with Crippen molar-refractivity contribution in [2.45, 2.75) is 19.8 Å². The zero-order valence-electron chi connectivity index (χ0n) is 10.4. The van der Waals surface area contributed by atoms with Crippen molar-refractivity contribution in [3.8, 4) is 5.75 Å². The Bertz CT molecular complexity index is 536. The molecule has 0 radical (unpaired) electrons. The van der Waals surface area contributed by atoms with E-state index in [1.165, 1.54) is 18.2 Å². The zero-order chi connectivity index (χ0) is 14.0. The molecule has 6 heteroatoms. The number of carboxylic acid groups (broad SMARTS) is 1. The van der Waals surface area contributed by atoms with E-state index in [1.807, 2.05) is 0 Å². The lowest BCUT2D eigenvalue weighted by Crippen LogP contribution is -2.29. The fraction of sp³-hybridized carbons (Fsp3) is 0.308. The fourth-order valence-electron chi connectivity index (χ4n) is 1.95. The number of aromatic carboxylic acids is 1. The molecule has 19 heavy (non-hydrogen) atoms. The molecule has 0 bridgehead atoms. The van der Waals surface area contributed by atoms with Crippen molar-refractivity contribution >= 4 is 23.5 Å². The molecule has 0 aromatic heterocycles. The lowest BCUT2D eigenvalue weighted by atomic mass is 10.1. The minimum Gasteiger partial charge on any atom is -0.492 e. The molecule has 1 aliphatic heterocycles. The van der Waals surface area contributed by atoms with Crippen LogP contribution in [0, 0.1) is 0 Å². The summed E-state index contributed by atoms with van der Waals surface area (Å²) < 4.78 is 5.34. The Morgan fingerprint density at radius 1 is 1.32 bits per heavy atom. The molecule has 2 amide bonds. The second kappa shape index (κ2) is 5.09. The van der Waals surface area contributed by atoms with Gasteiger partial charge in [0.2, 0.25) is 11.8 Å².